The van der Waals surface area contributed by atoms with E-state index in [0.717, 1.165) is 6.42 Å². The topological polar surface area (TPSA) is 67.9 Å². The van der Waals surface area contributed by atoms with Gasteiger partial charge in [0.1, 0.15) is 5.60 Å². The predicted octanol–water partition coefficient (Wildman–Crippen LogP) is 1.35. The predicted molar refractivity (Wildman–Crippen MR) is 64.2 cm³/mol. The number of likely N-dealkylation sites (tertiary alicyclic amines) is 1. The molecular weight excluding hydrogens is 236 g/mol. The normalized spacial score (nSPS) is 27.9. The Morgan fingerprint density at radius 1 is 1.50 bits per heavy atom. The van der Waals surface area contributed by atoms with Gasteiger partial charge in [-0.1, -0.05) is 0 Å². The molecule has 2 aliphatic rings. The lowest BCUT2D eigenvalue weighted by Gasteiger charge is -2.40. The van der Waals surface area contributed by atoms with Gasteiger partial charge in [-0.15, -0.1) is 0 Å². The first-order valence-corrected chi connectivity index (χ1v) is 6.26. The molecule has 0 saturated carbocycles. The van der Waals surface area contributed by atoms with E-state index in [-0.39, 0.29) is 24.1 Å². The third-order valence-corrected chi connectivity index (χ3v) is 3.12. The van der Waals surface area contributed by atoms with Gasteiger partial charge in [-0.05, 0) is 27.2 Å². The highest BCUT2D eigenvalue weighted by atomic mass is 16.6. The molecule has 2 heterocycles. The van der Waals surface area contributed by atoms with Crippen molar-refractivity contribution in [1.82, 2.24) is 10.2 Å². The number of nitrogens with zero attached hydrogens (tertiary/aromatic N) is 1. The van der Waals surface area contributed by atoms with Crippen LogP contribution in [-0.2, 0) is 9.47 Å². The van der Waals surface area contributed by atoms with Gasteiger partial charge >= 0.3 is 12.2 Å². The summed E-state index contributed by atoms with van der Waals surface area (Å²) in [6, 6.07) is 0.116. The van der Waals surface area contributed by atoms with Crippen LogP contribution in [0.4, 0.5) is 9.59 Å². The largest absolute Gasteiger partial charge is 0.449 e. The van der Waals surface area contributed by atoms with E-state index in [2.05, 4.69) is 5.32 Å². The Hall–Kier alpha value is -1.46. The minimum Gasteiger partial charge on any atom is -0.449 e. The molecule has 1 N–H and O–H groups in total. The molecule has 0 unspecified atom stereocenters. The van der Waals surface area contributed by atoms with Crippen molar-refractivity contribution in [3.63, 3.8) is 0 Å². The molecule has 0 bridgehead atoms. The molecule has 6 nitrogen and oxygen atoms in total. The highest BCUT2D eigenvalue weighted by Gasteiger charge is 2.37. The number of rotatable bonds is 0. The number of alkyl carbamates (subject to hydrolysis) is 1. The van der Waals surface area contributed by atoms with Gasteiger partial charge in [0.25, 0.3) is 0 Å². The van der Waals surface area contributed by atoms with Gasteiger partial charge in [-0.3, -0.25) is 0 Å². The number of cyclic esters (lactones) is 1. The summed E-state index contributed by atoms with van der Waals surface area (Å²) in [6.45, 7) is 7.09. The van der Waals surface area contributed by atoms with Crippen LogP contribution < -0.4 is 5.32 Å². The average molecular weight is 256 g/mol. The monoisotopic (exact) mass is 256 g/mol. The third-order valence-electron chi connectivity index (χ3n) is 3.12. The Morgan fingerprint density at radius 2 is 2.22 bits per heavy atom. The summed E-state index contributed by atoms with van der Waals surface area (Å²) >= 11 is 0. The molecule has 0 radical (unpaired) electrons. The maximum Gasteiger partial charge on any atom is 0.410 e. The van der Waals surface area contributed by atoms with Crippen molar-refractivity contribution in [2.75, 3.05) is 19.7 Å². The first kappa shape index (κ1) is 13.0. The van der Waals surface area contributed by atoms with Crippen molar-refractivity contribution in [1.29, 1.82) is 0 Å². The standard InChI is InChI=1S/C12H20N2O4/c1-12(2,3)18-11(16)14-5-4-9-8(6-14)7-17-10(15)13-9/h8-9H,4-7H2,1-3H3,(H,13,15)/t8-,9+/m0/s1. The molecular formula is C12H20N2O4. The lowest BCUT2D eigenvalue weighted by molar-refractivity contribution is -0.000473. The van der Waals surface area contributed by atoms with Crippen LogP contribution in [0.1, 0.15) is 27.2 Å². The number of hydrogen-bond acceptors (Lipinski definition) is 4. The van der Waals surface area contributed by atoms with Crippen molar-refractivity contribution in [2.24, 2.45) is 5.92 Å². The molecule has 6 heteroatoms. The summed E-state index contributed by atoms with van der Waals surface area (Å²) in [7, 11) is 0. The van der Waals surface area contributed by atoms with Crippen LogP contribution in [0.3, 0.4) is 0 Å². The number of carbonyl (C=O) groups excluding carboxylic acids is 2. The summed E-state index contributed by atoms with van der Waals surface area (Å²) in [6.07, 6.45) is 0.0961. The van der Waals surface area contributed by atoms with E-state index in [1.54, 1.807) is 4.90 Å². The van der Waals surface area contributed by atoms with Crippen molar-refractivity contribution in [3.05, 3.63) is 0 Å². The summed E-state index contributed by atoms with van der Waals surface area (Å²) < 4.78 is 10.3. The quantitative estimate of drug-likeness (QED) is 0.710. The van der Waals surface area contributed by atoms with E-state index in [4.69, 9.17) is 9.47 Å². The molecule has 2 amide bonds. The Kier molecular flexibility index (Phi) is 3.36. The molecule has 102 valence electrons. The number of amides is 2. The molecule has 0 aromatic carbocycles. The van der Waals surface area contributed by atoms with Crippen LogP contribution in [0, 0.1) is 5.92 Å². The minimum atomic E-state index is -0.481. The van der Waals surface area contributed by atoms with Crippen LogP contribution in [0.2, 0.25) is 0 Å². The van der Waals surface area contributed by atoms with E-state index in [1.807, 2.05) is 20.8 Å². The second kappa shape index (κ2) is 4.66. The van der Waals surface area contributed by atoms with Gasteiger partial charge in [0.2, 0.25) is 0 Å². The molecule has 0 spiro atoms. The Bertz CT molecular complexity index is 350. The number of fused-ring (bicyclic) bond motifs is 1. The van der Waals surface area contributed by atoms with Crippen molar-refractivity contribution in [3.8, 4) is 0 Å². The maximum atomic E-state index is 11.9. The molecule has 2 rings (SSSR count). The Morgan fingerprint density at radius 3 is 2.89 bits per heavy atom. The third kappa shape index (κ3) is 3.05. The highest BCUT2D eigenvalue weighted by Crippen LogP contribution is 2.22. The molecule has 0 aromatic rings. The second-order valence-electron chi connectivity index (χ2n) is 5.82. The molecule has 0 aliphatic carbocycles. The molecule has 2 fully saturated rings. The number of nitrogens with one attached hydrogen (secondary N) is 1. The van der Waals surface area contributed by atoms with Crippen molar-refractivity contribution < 1.29 is 19.1 Å². The van der Waals surface area contributed by atoms with E-state index < -0.39 is 5.60 Å². The number of hydrogen-bond donors (Lipinski definition) is 1. The van der Waals surface area contributed by atoms with Gasteiger partial charge < -0.3 is 19.7 Å². The lowest BCUT2D eigenvalue weighted by atomic mass is 9.92. The van der Waals surface area contributed by atoms with Crippen molar-refractivity contribution in [2.45, 2.75) is 38.8 Å². The zero-order valence-electron chi connectivity index (χ0n) is 11.1. The highest BCUT2D eigenvalue weighted by molar-refractivity contribution is 5.70. The average Bonchev–Trinajstić information content (AvgIpc) is 2.26. The minimum absolute atomic E-state index is 0.116. The van der Waals surface area contributed by atoms with Gasteiger partial charge in [0.15, 0.2) is 0 Å². The van der Waals surface area contributed by atoms with Crippen LogP contribution in [-0.4, -0.2) is 48.4 Å². The molecule has 2 atom stereocenters. The Balaban J connectivity index is 1.91. The summed E-state index contributed by atoms with van der Waals surface area (Å²) in [5, 5.41) is 2.79. The maximum absolute atomic E-state index is 11.9. The fourth-order valence-corrected chi connectivity index (χ4v) is 2.26. The van der Waals surface area contributed by atoms with E-state index in [9.17, 15) is 9.59 Å². The zero-order chi connectivity index (χ0) is 13.3. The van der Waals surface area contributed by atoms with Crippen LogP contribution in [0.5, 0.6) is 0 Å². The van der Waals surface area contributed by atoms with Crippen molar-refractivity contribution >= 4 is 12.2 Å². The molecule has 18 heavy (non-hydrogen) atoms. The van der Waals surface area contributed by atoms with E-state index in [1.165, 1.54) is 0 Å². The second-order valence-corrected chi connectivity index (χ2v) is 5.82. The summed E-state index contributed by atoms with van der Waals surface area (Å²) in [5.41, 5.74) is -0.481. The zero-order valence-corrected chi connectivity index (χ0v) is 11.1. The SMILES string of the molecule is CC(C)(C)OC(=O)N1CC[C@H]2NC(=O)OC[C@@H]2C1. The number of ether oxygens (including phenoxy) is 2. The van der Waals surface area contributed by atoms with Gasteiger partial charge in [0.05, 0.1) is 6.61 Å². The van der Waals surface area contributed by atoms with Gasteiger partial charge in [-0.25, -0.2) is 9.59 Å². The smallest absolute Gasteiger partial charge is 0.410 e. The molecule has 2 aliphatic heterocycles. The summed E-state index contributed by atoms with van der Waals surface area (Å²) in [5.74, 6) is 0.156. The van der Waals surface area contributed by atoms with E-state index in [0.29, 0.717) is 19.7 Å². The Labute approximate surface area is 107 Å². The first-order chi connectivity index (χ1) is 8.35. The fourth-order valence-electron chi connectivity index (χ4n) is 2.26. The van der Waals surface area contributed by atoms with Gasteiger partial charge in [0, 0.05) is 25.0 Å². The summed E-state index contributed by atoms with van der Waals surface area (Å²) in [4.78, 5) is 24.7. The van der Waals surface area contributed by atoms with Gasteiger partial charge in [-0.2, -0.15) is 0 Å². The van der Waals surface area contributed by atoms with Crippen LogP contribution >= 0.6 is 0 Å². The lowest BCUT2D eigenvalue weighted by Crippen LogP contribution is -2.57. The molecule has 0 aromatic heterocycles. The fraction of sp³-hybridized carbons (Fsp3) is 0.833. The molecule has 2 saturated heterocycles. The van der Waals surface area contributed by atoms with E-state index >= 15 is 0 Å². The number of piperidine rings is 1. The number of carbonyl (C=O) groups is 2. The van der Waals surface area contributed by atoms with Crippen LogP contribution in [0.25, 0.3) is 0 Å². The van der Waals surface area contributed by atoms with Crippen LogP contribution in [0.15, 0.2) is 0 Å². The first-order valence-electron chi connectivity index (χ1n) is 6.26.